The van der Waals surface area contributed by atoms with Crippen LogP contribution in [0.1, 0.15) is 11.1 Å². The minimum Gasteiger partial charge on any atom is -0.370 e. The van der Waals surface area contributed by atoms with Crippen molar-refractivity contribution in [3.63, 3.8) is 0 Å². The summed E-state index contributed by atoms with van der Waals surface area (Å²) in [7, 11) is 1.95. The van der Waals surface area contributed by atoms with Gasteiger partial charge in [0.05, 0.1) is 0 Å². The summed E-state index contributed by atoms with van der Waals surface area (Å²) in [5.74, 6) is -0.167. The van der Waals surface area contributed by atoms with Crippen LogP contribution in [0.3, 0.4) is 0 Å². The predicted molar refractivity (Wildman–Crippen MR) is 72.8 cm³/mol. The van der Waals surface area contributed by atoms with E-state index in [9.17, 15) is 4.39 Å². The molecule has 0 heterocycles. The third-order valence-corrected chi connectivity index (χ3v) is 2.95. The van der Waals surface area contributed by atoms with Crippen LogP contribution in [0, 0.1) is 5.82 Å². The van der Waals surface area contributed by atoms with Crippen LogP contribution >= 0.6 is 0 Å². The Hall–Kier alpha value is -1.87. The molecular formula is C15H17FN2. The van der Waals surface area contributed by atoms with Crippen LogP contribution in [0.15, 0.2) is 48.5 Å². The smallest absolute Gasteiger partial charge is 0.128 e. The zero-order chi connectivity index (χ0) is 13.0. The van der Waals surface area contributed by atoms with E-state index in [4.69, 9.17) is 5.73 Å². The zero-order valence-corrected chi connectivity index (χ0v) is 10.4. The molecule has 0 aromatic heterocycles. The normalized spacial score (nSPS) is 10.4. The van der Waals surface area contributed by atoms with Crippen LogP contribution in [0.4, 0.5) is 10.1 Å². The lowest BCUT2D eigenvalue weighted by molar-refractivity contribution is 0.608. The zero-order valence-electron chi connectivity index (χ0n) is 10.4. The van der Waals surface area contributed by atoms with E-state index >= 15 is 0 Å². The van der Waals surface area contributed by atoms with E-state index in [-0.39, 0.29) is 5.82 Å². The molecule has 0 atom stereocenters. The van der Waals surface area contributed by atoms with Gasteiger partial charge in [-0.05, 0) is 23.8 Å². The summed E-state index contributed by atoms with van der Waals surface area (Å²) in [5.41, 5.74) is 8.43. The number of halogens is 1. The van der Waals surface area contributed by atoms with Crippen molar-refractivity contribution >= 4 is 5.69 Å². The van der Waals surface area contributed by atoms with Crippen LogP contribution in [0.25, 0.3) is 0 Å². The fourth-order valence-corrected chi connectivity index (χ4v) is 1.89. The molecule has 0 aliphatic rings. The van der Waals surface area contributed by atoms with Crippen LogP contribution in [-0.4, -0.2) is 7.05 Å². The predicted octanol–water partition coefficient (Wildman–Crippen LogP) is 2.92. The Labute approximate surface area is 107 Å². The van der Waals surface area contributed by atoms with Gasteiger partial charge in [0.2, 0.25) is 0 Å². The van der Waals surface area contributed by atoms with E-state index in [1.54, 1.807) is 12.1 Å². The first-order chi connectivity index (χ1) is 8.70. The third kappa shape index (κ3) is 2.87. The minimum atomic E-state index is -0.167. The molecule has 18 heavy (non-hydrogen) atoms. The molecule has 0 saturated carbocycles. The van der Waals surface area contributed by atoms with Crippen molar-refractivity contribution in [2.75, 3.05) is 11.9 Å². The first-order valence-electron chi connectivity index (χ1n) is 5.94. The molecular weight excluding hydrogens is 227 g/mol. The molecule has 0 unspecified atom stereocenters. The van der Waals surface area contributed by atoms with Gasteiger partial charge >= 0.3 is 0 Å². The quantitative estimate of drug-likeness (QED) is 0.896. The van der Waals surface area contributed by atoms with E-state index in [0.29, 0.717) is 18.7 Å². The van der Waals surface area contributed by atoms with Gasteiger partial charge in [-0.25, -0.2) is 4.39 Å². The molecule has 3 heteroatoms. The average Bonchev–Trinajstić information content (AvgIpc) is 2.41. The number of hydrogen-bond donors (Lipinski definition) is 1. The Morgan fingerprint density at radius 2 is 1.89 bits per heavy atom. The number of rotatable bonds is 4. The van der Waals surface area contributed by atoms with Crippen molar-refractivity contribution in [2.24, 2.45) is 5.73 Å². The fraction of sp³-hybridized carbons (Fsp3) is 0.200. The van der Waals surface area contributed by atoms with Crippen molar-refractivity contribution in [1.82, 2.24) is 0 Å². The van der Waals surface area contributed by atoms with Gasteiger partial charge in [-0.1, -0.05) is 30.3 Å². The highest BCUT2D eigenvalue weighted by Crippen LogP contribution is 2.18. The highest BCUT2D eigenvalue weighted by molar-refractivity contribution is 5.48. The maximum Gasteiger partial charge on any atom is 0.128 e. The summed E-state index contributed by atoms with van der Waals surface area (Å²) in [4.78, 5) is 2.01. The molecule has 94 valence electrons. The van der Waals surface area contributed by atoms with Gasteiger partial charge in [-0.3, -0.25) is 0 Å². The molecule has 0 radical (unpaired) electrons. The molecule has 0 saturated heterocycles. The van der Waals surface area contributed by atoms with E-state index in [2.05, 4.69) is 0 Å². The lowest BCUT2D eigenvalue weighted by atomic mass is 10.1. The Balaban J connectivity index is 2.16. The first-order valence-corrected chi connectivity index (χ1v) is 5.94. The molecule has 2 rings (SSSR count). The summed E-state index contributed by atoms with van der Waals surface area (Å²) in [5, 5.41) is 0. The Kier molecular flexibility index (Phi) is 3.95. The summed E-state index contributed by atoms with van der Waals surface area (Å²) in [6.07, 6.45) is 0. The lowest BCUT2D eigenvalue weighted by Gasteiger charge is -2.20. The maximum absolute atomic E-state index is 13.6. The molecule has 0 aliphatic carbocycles. The van der Waals surface area contributed by atoms with Gasteiger partial charge in [0.25, 0.3) is 0 Å². The van der Waals surface area contributed by atoms with Gasteiger partial charge < -0.3 is 10.6 Å². The van der Waals surface area contributed by atoms with Crippen LogP contribution in [0.5, 0.6) is 0 Å². The second-order valence-electron chi connectivity index (χ2n) is 4.32. The molecule has 0 amide bonds. The molecule has 2 nitrogen and oxygen atoms in total. The van der Waals surface area contributed by atoms with Gasteiger partial charge in [0, 0.05) is 31.4 Å². The van der Waals surface area contributed by atoms with Gasteiger partial charge in [0.15, 0.2) is 0 Å². The third-order valence-electron chi connectivity index (χ3n) is 2.95. The Morgan fingerprint density at radius 1 is 1.11 bits per heavy atom. The second-order valence-corrected chi connectivity index (χ2v) is 4.32. The summed E-state index contributed by atoms with van der Waals surface area (Å²) >= 11 is 0. The topological polar surface area (TPSA) is 29.3 Å². The monoisotopic (exact) mass is 244 g/mol. The van der Waals surface area contributed by atoms with Crippen LogP contribution in [-0.2, 0) is 13.1 Å². The Morgan fingerprint density at radius 3 is 2.61 bits per heavy atom. The number of nitrogens with zero attached hydrogens (tertiary/aromatic N) is 1. The second kappa shape index (κ2) is 5.65. The number of hydrogen-bond acceptors (Lipinski definition) is 2. The standard InChI is InChI=1S/C15H17FN2/c1-18(11-13-6-2-3-8-15(13)16)14-7-4-5-12(9-14)10-17/h2-9H,10-11,17H2,1H3. The van der Waals surface area contributed by atoms with Crippen LogP contribution in [0.2, 0.25) is 0 Å². The molecule has 0 aliphatic heterocycles. The summed E-state index contributed by atoms with van der Waals surface area (Å²) < 4.78 is 13.6. The highest BCUT2D eigenvalue weighted by atomic mass is 19.1. The maximum atomic E-state index is 13.6. The van der Waals surface area contributed by atoms with Crippen LogP contribution < -0.4 is 10.6 Å². The number of anilines is 1. The van der Waals surface area contributed by atoms with Crippen molar-refractivity contribution in [3.05, 3.63) is 65.5 Å². The molecule has 2 aromatic carbocycles. The van der Waals surface area contributed by atoms with E-state index in [0.717, 1.165) is 11.3 Å². The molecule has 2 aromatic rings. The van der Waals surface area contributed by atoms with Gasteiger partial charge in [0.1, 0.15) is 5.82 Å². The SMILES string of the molecule is CN(Cc1ccccc1F)c1cccc(CN)c1. The van der Waals surface area contributed by atoms with Crippen molar-refractivity contribution in [1.29, 1.82) is 0 Å². The number of benzene rings is 2. The van der Waals surface area contributed by atoms with Crippen molar-refractivity contribution in [2.45, 2.75) is 13.1 Å². The first kappa shape index (κ1) is 12.6. The van der Waals surface area contributed by atoms with Crippen molar-refractivity contribution in [3.8, 4) is 0 Å². The lowest BCUT2D eigenvalue weighted by Crippen LogP contribution is -2.17. The van der Waals surface area contributed by atoms with E-state index in [1.807, 2.05) is 42.3 Å². The van der Waals surface area contributed by atoms with E-state index < -0.39 is 0 Å². The van der Waals surface area contributed by atoms with Gasteiger partial charge in [-0.15, -0.1) is 0 Å². The van der Waals surface area contributed by atoms with Gasteiger partial charge in [-0.2, -0.15) is 0 Å². The molecule has 2 N–H and O–H groups in total. The van der Waals surface area contributed by atoms with E-state index in [1.165, 1.54) is 6.07 Å². The summed E-state index contributed by atoms with van der Waals surface area (Å²) in [6, 6.07) is 14.8. The molecule has 0 bridgehead atoms. The largest absolute Gasteiger partial charge is 0.370 e. The minimum absolute atomic E-state index is 0.167. The number of nitrogens with two attached hydrogens (primary N) is 1. The fourth-order valence-electron chi connectivity index (χ4n) is 1.89. The highest BCUT2D eigenvalue weighted by Gasteiger charge is 2.06. The molecule has 0 fully saturated rings. The molecule has 0 spiro atoms. The summed E-state index contributed by atoms with van der Waals surface area (Å²) in [6.45, 7) is 1.06. The van der Waals surface area contributed by atoms with Crippen molar-refractivity contribution < 1.29 is 4.39 Å². The average molecular weight is 244 g/mol. The Bertz CT molecular complexity index is 525.